The molecule has 1 aliphatic rings. The molecule has 0 unspecified atom stereocenters. The van der Waals surface area contributed by atoms with Crippen LogP contribution in [0.3, 0.4) is 0 Å². The Morgan fingerprint density at radius 3 is 2.50 bits per heavy atom. The minimum absolute atomic E-state index is 0.275. The summed E-state index contributed by atoms with van der Waals surface area (Å²) in [6, 6.07) is 8.52. The van der Waals surface area contributed by atoms with E-state index in [9.17, 15) is 4.79 Å². The lowest BCUT2D eigenvalue weighted by Crippen LogP contribution is -2.44. The van der Waals surface area contributed by atoms with E-state index in [2.05, 4.69) is 49.1 Å². The minimum Gasteiger partial charge on any atom is -0.478 e. The predicted octanol–water partition coefficient (Wildman–Crippen LogP) is 3.32. The van der Waals surface area contributed by atoms with Crippen molar-refractivity contribution in [1.82, 2.24) is 29.5 Å². The highest BCUT2D eigenvalue weighted by atomic mass is 19.1. The van der Waals surface area contributed by atoms with Crippen molar-refractivity contribution in [1.29, 1.82) is 0 Å². The van der Waals surface area contributed by atoms with Gasteiger partial charge in [0.05, 0.1) is 18.9 Å². The standard InChI is InChI=1S/C31H33FN8O2/c1-20-5-9-25(29(33)41)28(22-7-8-23(26(32)15-22)18-40-13-11-38(2)12-14-40)24(20)10-6-21-16-34-31(35-17-21)36-27-19-39(3)37-30(27)42-4/h5,7-9,15-17,19H,11-14,18H2,1-4H3,(H2,33,41)(H,34,35,36). The number of aromatic nitrogens is 4. The zero-order valence-electron chi connectivity index (χ0n) is 24.1. The summed E-state index contributed by atoms with van der Waals surface area (Å²) >= 11 is 0. The Kier molecular flexibility index (Phi) is 8.47. The number of primary amides is 1. The molecule has 5 rings (SSSR count). The summed E-state index contributed by atoms with van der Waals surface area (Å²) in [6.07, 6.45) is 4.93. The number of nitrogens with one attached hydrogen (secondary N) is 1. The van der Waals surface area contributed by atoms with Crippen molar-refractivity contribution in [3.8, 4) is 28.8 Å². The second-order valence-electron chi connectivity index (χ2n) is 10.3. The highest BCUT2D eigenvalue weighted by Gasteiger charge is 2.19. The Hall–Kier alpha value is -4.79. The van der Waals surface area contributed by atoms with E-state index in [1.807, 2.05) is 13.0 Å². The number of amides is 1. The number of nitrogens with two attached hydrogens (primary N) is 1. The van der Waals surface area contributed by atoms with E-state index in [0.717, 1.165) is 31.7 Å². The molecule has 1 saturated heterocycles. The Labute approximate surface area is 244 Å². The van der Waals surface area contributed by atoms with Gasteiger partial charge in [0, 0.05) is 74.4 Å². The number of ether oxygens (including phenoxy) is 1. The maximum Gasteiger partial charge on any atom is 0.256 e. The molecule has 0 aliphatic carbocycles. The SMILES string of the molecule is COc1nn(C)cc1Nc1ncc(C#Cc2c(C)ccc(C(N)=O)c2-c2ccc(CN3CCN(C)CC3)c(F)c2)cn1. The molecule has 0 radical (unpaired) electrons. The number of hydrogen-bond donors (Lipinski definition) is 2. The van der Waals surface area contributed by atoms with Gasteiger partial charge in [-0.2, -0.15) is 0 Å². The first-order chi connectivity index (χ1) is 20.2. The third-order valence-electron chi connectivity index (χ3n) is 7.23. The van der Waals surface area contributed by atoms with Crippen molar-refractivity contribution < 1.29 is 13.9 Å². The summed E-state index contributed by atoms with van der Waals surface area (Å²) in [4.78, 5) is 25.6. The molecule has 3 N–H and O–H groups in total. The Morgan fingerprint density at radius 2 is 1.83 bits per heavy atom. The number of methoxy groups -OCH3 is 1. The third-order valence-corrected chi connectivity index (χ3v) is 7.23. The van der Waals surface area contributed by atoms with Crippen LogP contribution in [-0.4, -0.2) is 75.8 Å². The van der Waals surface area contributed by atoms with Crippen LogP contribution in [0.1, 0.15) is 32.6 Å². The first kappa shape index (κ1) is 28.7. The van der Waals surface area contributed by atoms with Gasteiger partial charge in [0.1, 0.15) is 11.5 Å². The van der Waals surface area contributed by atoms with Gasteiger partial charge in [0.25, 0.3) is 5.88 Å². The Bertz CT molecular complexity index is 1660. The van der Waals surface area contributed by atoms with Crippen LogP contribution < -0.4 is 15.8 Å². The highest BCUT2D eigenvalue weighted by Crippen LogP contribution is 2.31. The molecule has 10 nitrogen and oxygen atoms in total. The smallest absolute Gasteiger partial charge is 0.256 e. The summed E-state index contributed by atoms with van der Waals surface area (Å²) in [6.45, 7) is 6.11. The van der Waals surface area contributed by atoms with E-state index in [1.54, 1.807) is 48.5 Å². The molecular weight excluding hydrogens is 535 g/mol. The lowest BCUT2D eigenvalue weighted by Gasteiger charge is -2.32. The summed E-state index contributed by atoms with van der Waals surface area (Å²) in [5.41, 5.74) is 10.3. The second-order valence-corrected chi connectivity index (χ2v) is 10.3. The van der Waals surface area contributed by atoms with Crippen LogP contribution in [-0.2, 0) is 13.6 Å². The van der Waals surface area contributed by atoms with Crippen molar-refractivity contribution in [2.24, 2.45) is 12.8 Å². The Balaban J connectivity index is 1.43. The number of piperazine rings is 1. The number of hydrogen-bond acceptors (Lipinski definition) is 8. The molecule has 3 heterocycles. The maximum atomic E-state index is 15.4. The number of carbonyl (C=O) groups is 1. The molecule has 0 spiro atoms. The van der Waals surface area contributed by atoms with E-state index in [-0.39, 0.29) is 11.4 Å². The van der Waals surface area contributed by atoms with E-state index in [1.165, 1.54) is 13.2 Å². The number of halogens is 1. The third kappa shape index (κ3) is 6.40. The average Bonchev–Trinajstić information content (AvgIpc) is 3.33. The summed E-state index contributed by atoms with van der Waals surface area (Å²) in [5, 5.41) is 7.27. The lowest BCUT2D eigenvalue weighted by atomic mass is 9.90. The largest absolute Gasteiger partial charge is 0.478 e. The molecular formula is C31H33FN8O2. The monoisotopic (exact) mass is 568 g/mol. The number of carbonyl (C=O) groups excluding carboxylic acids is 1. The number of aryl methyl sites for hydroxylation is 2. The molecule has 2 aromatic carbocycles. The molecule has 0 atom stereocenters. The number of nitrogens with zero attached hydrogens (tertiary/aromatic N) is 6. The fraction of sp³-hybridized carbons (Fsp3) is 0.290. The quantitative estimate of drug-likeness (QED) is 0.327. The number of anilines is 2. The van der Waals surface area contributed by atoms with Crippen LogP contribution in [0.5, 0.6) is 5.88 Å². The number of benzene rings is 2. The molecule has 1 fully saturated rings. The zero-order chi connectivity index (χ0) is 29.8. The molecule has 1 amide bonds. The normalized spacial score (nSPS) is 13.8. The summed E-state index contributed by atoms with van der Waals surface area (Å²) in [5.74, 6) is 6.07. The summed E-state index contributed by atoms with van der Waals surface area (Å²) < 4.78 is 22.3. The van der Waals surface area contributed by atoms with Gasteiger partial charge in [-0.15, -0.1) is 5.10 Å². The van der Waals surface area contributed by atoms with Crippen LogP contribution in [0.15, 0.2) is 48.9 Å². The topological polar surface area (TPSA) is 114 Å². The molecule has 4 aromatic rings. The molecule has 42 heavy (non-hydrogen) atoms. The molecule has 0 saturated carbocycles. The van der Waals surface area contributed by atoms with E-state index in [0.29, 0.717) is 51.9 Å². The van der Waals surface area contributed by atoms with Crippen molar-refractivity contribution in [3.05, 3.63) is 82.6 Å². The van der Waals surface area contributed by atoms with Gasteiger partial charge in [-0.1, -0.05) is 30.0 Å². The van der Waals surface area contributed by atoms with Crippen LogP contribution >= 0.6 is 0 Å². The molecule has 2 aromatic heterocycles. The van der Waals surface area contributed by atoms with Crippen LogP contribution in [0.2, 0.25) is 0 Å². The van der Waals surface area contributed by atoms with Gasteiger partial charge in [-0.3, -0.25) is 14.4 Å². The molecule has 216 valence electrons. The fourth-order valence-electron chi connectivity index (χ4n) is 4.87. The fourth-order valence-corrected chi connectivity index (χ4v) is 4.87. The zero-order valence-corrected chi connectivity index (χ0v) is 24.1. The first-order valence-electron chi connectivity index (χ1n) is 13.5. The van der Waals surface area contributed by atoms with Gasteiger partial charge in [0.2, 0.25) is 11.9 Å². The average molecular weight is 569 g/mol. The van der Waals surface area contributed by atoms with Gasteiger partial charge in [0.15, 0.2) is 0 Å². The van der Waals surface area contributed by atoms with Crippen LogP contribution in [0.25, 0.3) is 11.1 Å². The minimum atomic E-state index is -0.612. The van der Waals surface area contributed by atoms with E-state index < -0.39 is 5.91 Å². The van der Waals surface area contributed by atoms with Gasteiger partial charge in [-0.05, 0) is 37.2 Å². The summed E-state index contributed by atoms with van der Waals surface area (Å²) in [7, 11) is 5.41. The van der Waals surface area contributed by atoms with Crippen molar-refractivity contribution >= 4 is 17.5 Å². The van der Waals surface area contributed by atoms with Crippen LogP contribution in [0, 0.1) is 24.6 Å². The predicted molar refractivity (Wildman–Crippen MR) is 159 cm³/mol. The second kappa shape index (κ2) is 12.4. The number of rotatable bonds is 7. The van der Waals surface area contributed by atoms with Crippen molar-refractivity contribution in [3.63, 3.8) is 0 Å². The molecule has 11 heteroatoms. The van der Waals surface area contributed by atoms with E-state index >= 15 is 4.39 Å². The lowest BCUT2D eigenvalue weighted by molar-refractivity contribution is 0.100. The van der Waals surface area contributed by atoms with Crippen molar-refractivity contribution in [2.75, 3.05) is 45.7 Å². The van der Waals surface area contributed by atoms with Crippen molar-refractivity contribution in [2.45, 2.75) is 13.5 Å². The van der Waals surface area contributed by atoms with Gasteiger partial charge >= 0.3 is 0 Å². The van der Waals surface area contributed by atoms with E-state index in [4.69, 9.17) is 10.5 Å². The molecule has 1 aliphatic heterocycles. The first-order valence-corrected chi connectivity index (χ1v) is 13.5. The maximum absolute atomic E-state index is 15.4. The highest BCUT2D eigenvalue weighted by molar-refractivity contribution is 6.01. The van der Waals surface area contributed by atoms with Gasteiger partial charge < -0.3 is 20.7 Å². The van der Waals surface area contributed by atoms with Crippen LogP contribution in [0.4, 0.5) is 16.0 Å². The Morgan fingerprint density at radius 1 is 1.10 bits per heavy atom. The number of likely N-dealkylation sites (N-methyl/N-ethyl adjacent to an activating group) is 1. The van der Waals surface area contributed by atoms with Gasteiger partial charge in [-0.25, -0.2) is 14.4 Å². The molecule has 0 bridgehead atoms.